The lowest BCUT2D eigenvalue weighted by Gasteiger charge is -2.40. The van der Waals surface area contributed by atoms with Gasteiger partial charge in [0.2, 0.25) is 0 Å². The van der Waals surface area contributed by atoms with Gasteiger partial charge in [-0.25, -0.2) is 0 Å². The fraction of sp³-hybridized carbons (Fsp3) is 0.412. The van der Waals surface area contributed by atoms with E-state index in [1.807, 2.05) is 37.3 Å². The molecule has 1 fully saturated rings. The summed E-state index contributed by atoms with van der Waals surface area (Å²) in [5.41, 5.74) is 2.01. The number of hydrogen-bond acceptors (Lipinski definition) is 5. The van der Waals surface area contributed by atoms with Gasteiger partial charge in [-0.15, -0.1) is 5.10 Å². The first-order valence-electron chi connectivity index (χ1n) is 7.74. The SMILES string of the molecule is COc1cccc(CNCC2CN(c3ccc(C)nn3)C2)c1Cl. The standard InChI is InChI=1S/C17H21ClN4O/c1-12-6-7-16(21-20-12)22-10-13(11-22)8-19-9-14-4-3-5-15(23-2)17(14)18/h3-7,13,19H,8-11H2,1-2H3. The molecule has 2 heterocycles. The zero-order valence-corrected chi connectivity index (χ0v) is 14.2. The summed E-state index contributed by atoms with van der Waals surface area (Å²) in [6.45, 7) is 5.68. The Morgan fingerprint density at radius 1 is 1.26 bits per heavy atom. The molecule has 0 amide bonds. The summed E-state index contributed by atoms with van der Waals surface area (Å²) in [4.78, 5) is 2.25. The molecule has 0 radical (unpaired) electrons. The molecule has 1 aliphatic heterocycles. The molecule has 0 saturated carbocycles. The predicted molar refractivity (Wildman–Crippen MR) is 92.2 cm³/mol. The largest absolute Gasteiger partial charge is 0.495 e. The molecule has 1 N–H and O–H groups in total. The van der Waals surface area contributed by atoms with Crippen molar-refractivity contribution in [3.05, 3.63) is 46.6 Å². The van der Waals surface area contributed by atoms with Gasteiger partial charge in [0.05, 0.1) is 17.8 Å². The maximum Gasteiger partial charge on any atom is 0.151 e. The van der Waals surface area contributed by atoms with E-state index in [0.29, 0.717) is 10.9 Å². The van der Waals surface area contributed by atoms with E-state index in [1.54, 1.807) is 7.11 Å². The molecular formula is C17H21ClN4O. The number of benzene rings is 1. The van der Waals surface area contributed by atoms with Crippen molar-refractivity contribution in [1.29, 1.82) is 0 Å². The summed E-state index contributed by atoms with van der Waals surface area (Å²) in [5, 5.41) is 12.5. The van der Waals surface area contributed by atoms with Gasteiger partial charge < -0.3 is 15.0 Å². The molecule has 0 aliphatic carbocycles. The summed E-state index contributed by atoms with van der Waals surface area (Å²) >= 11 is 6.30. The van der Waals surface area contributed by atoms with Gasteiger partial charge in [0, 0.05) is 32.1 Å². The Balaban J connectivity index is 1.44. The molecular weight excluding hydrogens is 312 g/mol. The fourth-order valence-corrected chi connectivity index (χ4v) is 2.98. The van der Waals surface area contributed by atoms with E-state index in [-0.39, 0.29) is 0 Å². The molecule has 0 spiro atoms. The van der Waals surface area contributed by atoms with Crippen LogP contribution in [0.4, 0.5) is 5.82 Å². The van der Waals surface area contributed by atoms with E-state index >= 15 is 0 Å². The zero-order valence-electron chi connectivity index (χ0n) is 13.4. The molecule has 1 aromatic carbocycles. The van der Waals surface area contributed by atoms with Crippen LogP contribution in [0.5, 0.6) is 5.75 Å². The van der Waals surface area contributed by atoms with Gasteiger partial charge in [-0.3, -0.25) is 0 Å². The van der Waals surface area contributed by atoms with Gasteiger partial charge in [-0.05, 0) is 30.7 Å². The van der Waals surface area contributed by atoms with Gasteiger partial charge in [0.1, 0.15) is 5.75 Å². The molecule has 0 unspecified atom stereocenters. The van der Waals surface area contributed by atoms with Crippen molar-refractivity contribution in [2.45, 2.75) is 13.5 Å². The lowest BCUT2D eigenvalue weighted by Crippen LogP contribution is -2.51. The normalized spacial score (nSPS) is 14.7. The van der Waals surface area contributed by atoms with E-state index in [2.05, 4.69) is 20.4 Å². The van der Waals surface area contributed by atoms with Crippen molar-refractivity contribution in [1.82, 2.24) is 15.5 Å². The number of anilines is 1. The van der Waals surface area contributed by atoms with Gasteiger partial charge >= 0.3 is 0 Å². The fourth-order valence-electron chi connectivity index (χ4n) is 2.71. The van der Waals surface area contributed by atoms with E-state index in [1.165, 1.54) is 0 Å². The lowest BCUT2D eigenvalue weighted by atomic mass is 10.00. The van der Waals surface area contributed by atoms with E-state index in [9.17, 15) is 0 Å². The van der Waals surface area contributed by atoms with Crippen LogP contribution in [-0.4, -0.2) is 36.9 Å². The van der Waals surface area contributed by atoms with Crippen LogP contribution in [0, 0.1) is 12.8 Å². The van der Waals surface area contributed by atoms with Crippen LogP contribution in [-0.2, 0) is 6.54 Å². The molecule has 1 aromatic heterocycles. The second-order valence-corrected chi connectivity index (χ2v) is 6.25. The molecule has 122 valence electrons. The van der Waals surface area contributed by atoms with Crippen molar-refractivity contribution in [3.63, 3.8) is 0 Å². The molecule has 23 heavy (non-hydrogen) atoms. The first kappa shape index (κ1) is 16.0. The van der Waals surface area contributed by atoms with Crippen LogP contribution in [0.2, 0.25) is 5.02 Å². The highest BCUT2D eigenvalue weighted by atomic mass is 35.5. The molecule has 2 aromatic rings. The highest BCUT2D eigenvalue weighted by Gasteiger charge is 2.27. The second-order valence-electron chi connectivity index (χ2n) is 5.87. The van der Waals surface area contributed by atoms with Gasteiger partial charge in [-0.1, -0.05) is 23.7 Å². The summed E-state index contributed by atoms with van der Waals surface area (Å²) in [5.74, 6) is 2.31. The zero-order chi connectivity index (χ0) is 16.2. The minimum Gasteiger partial charge on any atom is -0.495 e. The Morgan fingerprint density at radius 2 is 2.09 bits per heavy atom. The first-order chi connectivity index (χ1) is 11.2. The third-order valence-electron chi connectivity index (χ3n) is 4.08. The Bertz CT molecular complexity index is 656. The second kappa shape index (κ2) is 7.15. The quantitative estimate of drug-likeness (QED) is 0.881. The smallest absolute Gasteiger partial charge is 0.151 e. The van der Waals surface area contributed by atoms with Crippen LogP contribution in [0.3, 0.4) is 0 Å². The minimum absolute atomic E-state index is 0.627. The average Bonchev–Trinajstić information content (AvgIpc) is 2.52. The third kappa shape index (κ3) is 3.74. The van der Waals surface area contributed by atoms with Crippen LogP contribution in [0.25, 0.3) is 0 Å². The number of rotatable bonds is 6. The number of methoxy groups -OCH3 is 1. The predicted octanol–water partition coefficient (Wildman–Crippen LogP) is 2.67. The summed E-state index contributed by atoms with van der Waals surface area (Å²) in [7, 11) is 1.63. The number of hydrogen-bond donors (Lipinski definition) is 1. The highest BCUT2D eigenvalue weighted by molar-refractivity contribution is 6.32. The van der Waals surface area contributed by atoms with Crippen molar-refractivity contribution in [2.24, 2.45) is 5.92 Å². The third-order valence-corrected chi connectivity index (χ3v) is 4.51. The molecule has 6 heteroatoms. The minimum atomic E-state index is 0.627. The van der Waals surface area contributed by atoms with Crippen LogP contribution in [0.15, 0.2) is 30.3 Å². The maximum atomic E-state index is 6.30. The van der Waals surface area contributed by atoms with Crippen molar-refractivity contribution >= 4 is 17.4 Å². The van der Waals surface area contributed by atoms with E-state index in [0.717, 1.165) is 49.0 Å². The Hall–Kier alpha value is -1.85. The number of nitrogens with one attached hydrogen (secondary N) is 1. The molecule has 1 aliphatic rings. The lowest BCUT2D eigenvalue weighted by molar-refractivity contribution is 0.381. The number of ether oxygens (including phenoxy) is 1. The summed E-state index contributed by atoms with van der Waals surface area (Å²) < 4.78 is 5.24. The van der Waals surface area contributed by atoms with Crippen LogP contribution < -0.4 is 15.0 Å². The van der Waals surface area contributed by atoms with Crippen LogP contribution >= 0.6 is 11.6 Å². The maximum absolute atomic E-state index is 6.30. The van der Waals surface area contributed by atoms with Crippen molar-refractivity contribution < 1.29 is 4.74 Å². The van der Waals surface area contributed by atoms with Crippen molar-refractivity contribution in [3.8, 4) is 5.75 Å². The molecule has 0 bridgehead atoms. The van der Waals surface area contributed by atoms with Crippen molar-refractivity contribution in [2.75, 3.05) is 31.6 Å². The number of nitrogens with zero attached hydrogens (tertiary/aromatic N) is 3. The molecule has 5 nitrogen and oxygen atoms in total. The Morgan fingerprint density at radius 3 is 2.78 bits per heavy atom. The number of aromatic nitrogens is 2. The summed E-state index contributed by atoms with van der Waals surface area (Å²) in [6.07, 6.45) is 0. The van der Waals surface area contributed by atoms with Gasteiger partial charge in [0.25, 0.3) is 0 Å². The van der Waals surface area contributed by atoms with Gasteiger partial charge in [0.15, 0.2) is 5.82 Å². The monoisotopic (exact) mass is 332 g/mol. The Labute approximate surface area is 141 Å². The van der Waals surface area contributed by atoms with E-state index < -0.39 is 0 Å². The van der Waals surface area contributed by atoms with Crippen LogP contribution in [0.1, 0.15) is 11.3 Å². The highest BCUT2D eigenvalue weighted by Crippen LogP contribution is 2.28. The first-order valence-corrected chi connectivity index (χ1v) is 8.12. The molecule has 3 rings (SSSR count). The van der Waals surface area contributed by atoms with E-state index in [4.69, 9.17) is 16.3 Å². The average molecular weight is 333 g/mol. The number of aryl methyl sites for hydroxylation is 1. The Kier molecular flexibility index (Phi) is 4.98. The van der Waals surface area contributed by atoms with Gasteiger partial charge in [-0.2, -0.15) is 5.10 Å². The molecule has 0 atom stereocenters. The molecule has 1 saturated heterocycles. The number of halogens is 1. The topological polar surface area (TPSA) is 50.3 Å². The summed E-state index contributed by atoms with van der Waals surface area (Å²) in [6, 6.07) is 9.88.